The van der Waals surface area contributed by atoms with Crippen molar-refractivity contribution in [3.63, 3.8) is 0 Å². The van der Waals surface area contributed by atoms with Crippen LogP contribution in [0.3, 0.4) is 0 Å². The maximum absolute atomic E-state index is 13.3. The first-order valence-corrected chi connectivity index (χ1v) is 8.98. The smallest absolute Gasteiger partial charge is 0.264 e. The van der Waals surface area contributed by atoms with Gasteiger partial charge in [0.25, 0.3) is 5.91 Å². The number of amidine groups is 1. The van der Waals surface area contributed by atoms with Crippen molar-refractivity contribution in [2.45, 2.75) is 0 Å². The van der Waals surface area contributed by atoms with Crippen LogP contribution in [-0.2, 0) is 4.79 Å². The van der Waals surface area contributed by atoms with E-state index in [0.717, 1.165) is 28.3 Å². The number of thioether (sulfide) groups is 1. The zero-order valence-electron chi connectivity index (χ0n) is 12.4. The number of rotatable bonds is 2. The van der Waals surface area contributed by atoms with Crippen LogP contribution in [0.25, 0.3) is 17.1 Å². The lowest BCUT2D eigenvalue weighted by molar-refractivity contribution is -0.115. The van der Waals surface area contributed by atoms with Crippen molar-refractivity contribution in [1.82, 2.24) is 14.1 Å². The Balaban J connectivity index is 1.63. The van der Waals surface area contributed by atoms with Crippen LogP contribution in [-0.4, -0.2) is 19.8 Å². The Bertz CT molecular complexity index is 1060. The molecule has 1 saturated heterocycles. The molecule has 2 heterocycles. The van der Waals surface area contributed by atoms with Gasteiger partial charge in [-0.3, -0.25) is 4.79 Å². The van der Waals surface area contributed by atoms with Gasteiger partial charge in [0.2, 0.25) is 0 Å². The Hall–Kier alpha value is -2.29. The SMILES string of the molecule is O=C1N/C(=N/c2cc(F)ccc2Cl)S/C1=C\c1ccc2nsnc2c1. The Morgan fingerprint density at radius 1 is 1.16 bits per heavy atom. The lowest BCUT2D eigenvalue weighted by Crippen LogP contribution is -2.19. The summed E-state index contributed by atoms with van der Waals surface area (Å²) in [7, 11) is 0. The molecule has 1 amide bonds. The van der Waals surface area contributed by atoms with Crippen molar-refractivity contribution in [2.24, 2.45) is 4.99 Å². The number of hydrogen-bond donors (Lipinski definition) is 1. The number of fused-ring (bicyclic) bond motifs is 1. The highest BCUT2D eigenvalue weighted by atomic mass is 35.5. The number of hydrogen-bond acceptors (Lipinski definition) is 6. The largest absolute Gasteiger partial charge is 0.300 e. The summed E-state index contributed by atoms with van der Waals surface area (Å²) in [5, 5.41) is 3.31. The van der Waals surface area contributed by atoms with Crippen LogP contribution in [0, 0.1) is 5.82 Å². The van der Waals surface area contributed by atoms with E-state index in [9.17, 15) is 9.18 Å². The van der Waals surface area contributed by atoms with Gasteiger partial charge in [-0.25, -0.2) is 9.38 Å². The second-order valence-electron chi connectivity index (χ2n) is 5.09. The minimum absolute atomic E-state index is 0.265. The van der Waals surface area contributed by atoms with Gasteiger partial charge >= 0.3 is 0 Å². The zero-order valence-corrected chi connectivity index (χ0v) is 14.8. The molecule has 1 N–H and O–H groups in total. The molecule has 124 valence electrons. The number of benzene rings is 2. The summed E-state index contributed by atoms with van der Waals surface area (Å²) in [5.74, 6) is -0.716. The maximum Gasteiger partial charge on any atom is 0.264 e. The van der Waals surface area contributed by atoms with E-state index in [1.165, 1.54) is 30.0 Å². The average Bonchev–Trinajstić information content (AvgIpc) is 3.17. The Kier molecular flexibility index (Phi) is 4.24. The van der Waals surface area contributed by atoms with Gasteiger partial charge in [0.15, 0.2) is 5.17 Å². The number of carbonyl (C=O) groups is 1. The van der Waals surface area contributed by atoms with E-state index >= 15 is 0 Å². The molecule has 0 spiro atoms. The van der Waals surface area contributed by atoms with E-state index in [1.807, 2.05) is 18.2 Å². The van der Waals surface area contributed by atoms with Crippen LogP contribution in [0.15, 0.2) is 46.3 Å². The molecular weight excluding hydrogens is 383 g/mol. The lowest BCUT2D eigenvalue weighted by atomic mass is 10.2. The topological polar surface area (TPSA) is 67.2 Å². The van der Waals surface area contributed by atoms with Crippen molar-refractivity contribution in [3.05, 3.63) is 57.7 Å². The maximum atomic E-state index is 13.3. The van der Waals surface area contributed by atoms with Crippen LogP contribution in [0.2, 0.25) is 5.02 Å². The van der Waals surface area contributed by atoms with Crippen LogP contribution in [0.5, 0.6) is 0 Å². The van der Waals surface area contributed by atoms with Crippen LogP contribution in [0.4, 0.5) is 10.1 Å². The first-order chi connectivity index (χ1) is 12.1. The predicted octanol–water partition coefficient (Wildman–Crippen LogP) is 4.38. The summed E-state index contributed by atoms with van der Waals surface area (Å²) in [6.07, 6.45) is 1.74. The van der Waals surface area contributed by atoms with Gasteiger partial charge in [0.05, 0.1) is 27.3 Å². The molecule has 4 rings (SSSR count). The molecule has 0 saturated carbocycles. The van der Waals surface area contributed by atoms with E-state index < -0.39 is 5.82 Å². The molecule has 5 nitrogen and oxygen atoms in total. The summed E-state index contributed by atoms with van der Waals surface area (Å²) >= 11 is 8.31. The third kappa shape index (κ3) is 3.41. The third-order valence-corrected chi connectivity index (χ3v) is 5.14. The summed E-state index contributed by atoms with van der Waals surface area (Å²) in [4.78, 5) is 16.8. The molecule has 0 radical (unpaired) electrons. The van der Waals surface area contributed by atoms with E-state index in [4.69, 9.17) is 11.6 Å². The molecule has 1 aliphatic heterocycles. The van der Waals surface area contributed by atoms with Gasteiger partial charge in [-0.2, -0.15) is 8.75 Å². The highest BCUT2D eigenvalue weighted by Crippen LogP contribution is 2.31. The number of amides is 1. The first-order valence-electron chi connectivity index (χ1n) is 7.05. The van der Waals surface area contributed by atoms with Gasteiger partial charge in [-0.05, 0) is 47.7 Å². The number of aromatic nitrogens is 2. The van der Waals surface area contributed by atoms with Gasteiger partial charge in [0.1, 0.15) is 16.9 Å². The van der Waals surface area contributed by atoms with E-state index in [-0.39, 0.29) is 11.6 Å². The average molecular weight is 391 g/mol. The number of nitrogens with zero attached hydrogens (tertiary/aromatic N) is 3. The molecule has 0 bridgehead atoms. The number of halogens is 2. The number of carbonyl (C=O) groups excluding carboxylic acids is 1. The summed E-state index contributed by atoms with van der Waals surface area (Å²) < 4.78 is 21.6. The second-order valence-corrected chi connectivity index (χ2v) is 7.06. The molecule has 25 heavy (non-hydrogen) atoms. The summed E-state index contributed by atoms with van der Waals surface area (Å²) in [6, 6.07) is 9.46. The highest BCUT2D eigenvalue weighted by Gasteiger charge is 2.24. The molecule has 0 atom stereocenters. The van der Waals surface area contributed by atoms with Crippen molar-refractivity contribution < 1.29 is 9.18 Å². The normalized spacial score (nSPS) is 17.6. The number of nitrogens with one attached hydrogen (secondary N) is 1. The third-order valence-electron chi connectivity index (χ3n) is 3.36. The molecule has 0 aliphatic carbocycles. The fraction of sp³-hybridized carbons (Fsp3) is 0. The standard InChI is InChI=1S/C16H8ClFN4OS2/c17-10-3-2-9(18)7-12(10)19-16-20-15(23)14(24-16)6-8-1-4-11-13(5-8)22-25-21-11/h1-7H,(H,19,20,23)/b14-6-. The minimum atomic E-state index is -0.445. The predicted molar refractivity (Wildman–Crippen MR) is 99.6 cm³/mol. The first kappa shape index (κ1) is 16.2. The molecule has 1 aliphatic rings. The van der Waals surface area contributed by atoms with Crippen LogP contribution in [0.1, 0.15) is 5.56 Å². The molecule has 9 heteroatoms. The quantitative estimate of drug-likeness (QED) is 0.659. The zero-order chi connectivity index (χ0) is 17.4. The lowest BCUT2D eigenvalue weighted by Gasteiger charge is -1.99. The van der Waals surface area contributed by atoms with Crippen molar-refractivity contribution >= 4 is 69.0 Å². The molecule has 1 fully saturated rings. The Morgan fingerprint density at radius 3 is 2.88 bits per heavy atom. The van der Waals surface area contributed by atoms with Crippen molar-refractivity contribution in [2.75, 3.05) is 0 Å². The minimum Gasteiger partial charge on any atom is -0.300 e. The number of aliphatic imine (C=N–C) groups is 1. The monoisotopic (exact) mass is 390 g/mol. The van der Waals surface area contributed by atoms with E-state index in [2.05, 4.69) is 19.1 Å². The van der Waals surface area contributed by atoms with Crippen LogP contribution < -0.4 is 5.32 Å². The fourth-order valence-electron chi connectivity index (χ4n) is 2.20. The van der Waals surface area contributed by atoms with Crippen molar-refractivity contribution in [1.29, 1.82) is 0 Å². The molecule has 1 aromatic heterocycles. The Morgan fingerprint density at radius 2 is 2.00 bits per heavy atom. The van der Waals surface area contributed by atoms with Gasteiger partial charge < -0.3 is 5.32 Å². The molecular formula is C16H8ClFN4OS2. The van der Waals surface area contributed by atoms with Gasteiger partial charge in [-0.15, -0.1) is 0 Å². The fourth-order valence-corrected chi connectivity index (χ4v) is 3.71. The molecule has 3 aromatic rings. The Labute approximate surface area is 154 Å². The highest BCUT2D eigenvalue weighted by molar-refractivity contribution is 8.18. The van der Waals surface area contributed by atoms with Gasteiger partial charge in [-0.1, -0.05) is 17.7 Å². The van der Waals surface area contributed by atoms with E-state index in [1.54, 1.807) is 6.08 Å². The second kappa shape index (κ2) is 6.55. The summed E-state index contributed by atoms with van der Waals surface area (Å²) in [5.41, 5.74) is 2.70. The van der Waals surface area contributed by atoms with Gasteiger partial charge in [0, 0.05) is 6.07 Å². The van der Waals surface area contributed by atoms with E-state index in [0.29, 0.717) is 15.1 Å². The van der Waals surface area contributed by atoms with Crippen molar-refractivity contribution in [3.8, 4) is 0 Å². The molecule has 2 aromatic carbocycles. The van der Waals surface area contributed by atoms with Crippen LogP contribution >= 0.6 is 35.1 Å². The summed E-state index contributed by atoms with van der Waals surface area (Å²) in [6.45, 7) is 0. The molecule has 0 unspecified atom stereocenters.